The number of aryl methyl sites for hydroxylation is 1. The third-order valence-electron chi connectivity index (χ3n) is 3.98. The first-order chi connectivity index (χ1) is 8.96. The Kier molecular flexibility index (Phi) is 5.36. The van der Waals surface area contributed by atoms with Crippen LogP contribution in [0.4, 0.5) is 5.69 Å². The molecule has 1 aromatic rings. The number of likely N-dealkylation sites (N-methyl/N-ethyl adjacent to an activating group) is 1. The first-order valence-electron chi connectivity index (χ1n) is 6.91. The second-order valence-electron chi connectivity index (χ2n) is 5.00. The van der Waals surface area contributed by atoms with Crippen molar-refractivity contribution in [2.45, 2.75) is 27.7 Å². The van der Waals surface area contributed by atoms with Crippen molar-refractivity contribution in [1.82, 2.24) is 0 Å². The fourth-order valence-corrected chi connectivity index (χ4v) is 2.20. The molecule has 0 aliphatic rings. The SMILES string of the molecule is CC[N+](CC)(CC)CC(=O)Nc1ccc(C)c(O)c1. The molecule has 0 bridgehead atoms. The highest BCUT2D eigenvalue weighted by atomic mass is 16.3. The summed E-state index contributed by atoms with van der Waals surface area (Å²) in [5, 5.41) is 12.5. The van der Waals surface area contributed by atoms with Crippen molar-refractivity contribution in [2.24, 2.45) is 0 Å². The van der Waals surface area contributed by atoms with E-state index < -0.39 is 0 Å². The van der Waals surface area contributed by atoms with E-state index in [1.54, 1.807) is 12.1 Å². The predicted molar refractivity (Wildman–Crippen MR) is 78.2 cm³/mol. The molecule has 1 amide bonds. The van der Waals surface area contributed by atoms with Gasteiger partial charge >= 0.3 is 0 Å². The van der Waals surface area contributed by atoms with Crippen molar-refractivity contribution in [3.8, 4) is 5.75 Å². The van der Waals surface area contributed by atoms with Crippen molar-refractivity contribution >= 4 is 11.6 Å². The average molecular weight is 265 g/mol. The van der Waals surface area contributed by atoms with Gasteiger partial charge in [-0.05, 0) is 39.3 Å². The van der Waals surface area contributed by atoms with Crippen molar-refractivity contribution < 1.29 is 14.4 Å². The van der Waals surface area contributed by atoms with Crippen LogP contribution in [0.25, 0.3) is 0 Å². The van der Waals surface area contributed by atoms with Crippen LogP contribution in [0.15, 0.2) is 18.2 Å². The van der Waals surface area contributed by atoms with E-state index in [0.29, 0.717) is 12.2 Å². The summed E-state index contributed by atoms with van der Waals surface area (Å²) >= 11 is 0. The molecule has 0 saturated heterocycles. The molecular formula is C15H25N2O2+. The highest BCUT2D eigenvalue weighted by Crippen LogP contribution is 2.20. The molecule has 0 fully saturated rings. The van der Waals surface area contributed by atoms with Gasteiger partial charge in [-0.2, -0.15) is 0 Å². The van der Waals surface area contributed by atoms with Crippen LogP contribution in [0.5, 0.6) is 5.75 Å². The Morgan fingerprint density at radius 2 is 1.79 bits per heavy atom. The average Bonchev–Trinajstić information content (AvgIpc) is 2.40. The number of amides is 1. The highest BCUT2D eigenvalue weighted by Gasteiger charge is 2.24. The minimum Gasteiger partial charge on any atom is -0.508 e. The number of carbonyl (C=O) groups is 1. The lowest BCUT2D eigenvalue weighted by atomic mass is 10.2. The normalized spacial score (nSPS) is 11.4. The van der Waals surface area contributed by atoms with Crippen LogP contribution in [0, 0.1) is 6.92 Å². The molecular weight excluding hydrogens is 240 g/mol. The molecule has 0 aliphatic carbocycles. The molecule has 1 rings (SSSR count). The smallest absolute Gasteiger partial charge is 0.279 e. The third-order valence-corrected chi connectivity index (χ3v) is 3.98. The maximum absolute atomic E-state index is 12.1. The number of carbonyl (C=O) groups excluding carboxylic acids is 1. The van der Waals surface area contributed by atoms with Crippen LogP contribution in [-0.4, -0.2) is 41.7 Å². The Morgan fingerprint density at radius 3 is 2.26 bits per heavy atom. The summed E-state index contributed by atoms with van der Waals surface area (Å²) in [7, 11) is 0. The van der Waals surface area contributed by atoms with Crippen LogP contribution in [0.3, 0.4) is 0 Å². The number of hydrogen-bond donors (Lipinski definition) is 2. The van der Waals surface area contributed by atoms with Crippen molar-refractivity contribution in [3.05, 3.63) is 23.8 Å². The van der Waals surface area contributed by atoms with Crippen molar-refractivity contribution in [1.29, 1.82) is 0 Å². The summed E-state index contributed by atoms with van der Waals surface area (Å²) in [4.78, 5) is 12.1. The molecule has 0 heterocycles. The number of phenols is 1. The highest BCUT2D eigenvalue weighted by molar-refractivity contribution is 5.91. The molecule has 0 atom stereocenters. The van der Waals surface area contributed by atoms with Crippen LogP contribution in [0.1, 0.15) is 26.3 Å². The quantitative estimate of drug-likeness (QED) is 0.776. The van der Waals surface area contributed by atoms with E-state index in [2.05, 4.69) is 26.1 Å². The molecule has 0 unspecified atom stereocenters. The standard InChI is InChI=1S/C15H24N2O2/c1-5-17(6-2,7-3)11-15(19)16-13-9-8-12(4)14(18)10-13/h8-10H,5-7,11H2,1-4H3,(H-,16,18,19)/p+1. The number of phenolic OH excluding ortho intramolecular Hbond substituents is 1. The zero-order valence-electron chi connectivity index (χ0n) is 12.4. The molecule has 4 heteroatoms. The topological polar surface area (TPSA) is 49.3 Å². The number of aromatic hydroxyl groups is 1. The number of quaternary nitrogens is 1. The third kappa shape index (κ3) is 3.96. The van der Waals surface area contributed by atoms with Crippen LogP contribution >= 0.6 is 0 Å². The molecule has 0 aliphatic heterocycles. The molecule has 4 nitrogen and oxygen atoms in total. The van der Waals surface area contributed by atoms with E-state index in [4.69, 9.17) is 0 Å². The van der Waals surface area contributed by atoms with Crippen LogP contribution < -0.4 is 5.32 Å². The van der Waals surface area contributed by atoms with E-state index in [-0.39, 0.29) is 11.7 Å². The number of hydrogen-bond acceptors (Lipinski definition) is 2. The van der Waals surface area contributed by atoms with Gasteiger partial charge in [-0.25, -0.2) is 0 Å². The van der Waals surface area contributed by atoms with Gasteiger partial charge in [0.2, 0.25) is 0 Å². The van der Waals surface area contributed by atoms with Crippen LogP contribution in [-0.2, 0) is 4.79 Å². The Morgan fingerprint density at radius 1 is 1.21 bits per heavy atom. The fourth-order valence-electron chi connectivity index (χ4n) is 2.20. The largest absolute Gasteiger partial charge is 0.508 e. The Bertz CT molecular complexity index is 432. The second kappa shape index (κ2) is 6.57. The van der Waals surface area contributed by atoms with Gasteiger partial charge < -0.3 is 14.9 Å². The summed E-state index contributed by atoms with van der Waals surface area (Å²) < 4.78 is 0.781. The number of nitrogens with one attached hydrogen (secondary N) is 1. The monoisotopic (exact) mass is 265 g/mol. The Hall–Kier alpha value is -1.55. The zero-order valence-corrected chi connectivity index (χ0v) is 12.4. The molecule has 19 heavy (non-hydrogen) atoms. The molecule has 0 aromatic heterocycles. The first-order valence-corrected chi connectivity index (χ1v) is 6.91. The lowest BCUT2D eigenvalue weighted by molar-refractivity contribution is -0.915. The van der Waals surface area contributed by atoms with Gasteiger partial charge in [-0.15, -0.1) is 0 Å². The Balaban J connectivity index is 2.71. The maximum atomic E-state index is 12.1. The van der Waals surface area contributed by atoms with Crippen molar-refractivity contribution in [2.75, 3.05) is 31.5 Å². The summed E-state index contributed by atoms with van der Waals surface area (Å²) in [6.45, 7) is 11.5. The first kappa shape index (κ1) is 15.5. The minimum absolute atomic E-state index is 0.00574. The van der Waals surface area contributed by atoms with E-state index >= 15 is 0 Å². The van der Waals surface area contributed by atoms with E-state index in [1.807, 2.05) is 13.0 Å². The lowest BCUT2D eigenvalue weighted by Gasteiger charge is -2.34. The van der Waals surface area contributed by atoms with Gasteiger partial charge in [0.1, 0.15) is 5.75 Å². The Labute approximate surface area is 115 Å². The minimum atomic E-state index is -0.00574. The van der Waals surface area contributed by atoms with Crippen LogP contribution in [0.2, 0.25) is 0 Å². The van der Waals surface area contributed by atoms with E-state index in [0.717, 1.165) is 29.7 Å². The molecule has 2 N–H and O–H groups in total. The van der Waals surface area contributed by atoms with Gasteiger partial charge in [-0.3, -0.25) is 4.79 Å². The number of rotatable bonds is 6. The molecule has 1 aromatic carbocycles. The number of anilines is 1. The van der Waals surface area contributed by atoms with E-state index in [9.17, 15) is 9.90 Å². The molecule has 0 saturated carbocycles. The maximum Gasteiger partial charge on any atom is 0.279 e. The summed E-state index contributed by atoms with van der Waals surface area (Å²) in [5.41, 5.74) is 1.45. The predicted octanol–water partition coefficient (Wildman–Crippen LogP) is 2.52. The lowest BCUT2D eigenvalue weighted by Crippen LogP contribution is -2.51. The molecule has 106 valence electrons. The summed E-state index contributed by atoms with van der Waals surface area (Å²) in [6.07, 6.45) is 0. The van der Waals surface area contributed by atoms with Crippen molar-refractivity contribution in [3.63, 3.8) is 0 Å². The zero-order chi connectivity index (χ0) is 14.5. The number of benzene rings is 1. The van der Waals surface area contributed by atoms with E-state index in [1.165, 1.54) is 0 Å². The summed E-state index contributed by atoms with van der Waals surface area (Å²) in [6, 6.07) is 5.20. The second-order valence-corrected chi connectivity index (χ2v) is 5.00. The molecule has 0 radical (unpaired) electrons. The summed E-state index contributed by atoms with van der Waals surface area (Å²) in [5.74, 6) is 0.203. The fraction of sp³-hybridized carbons (Fsp3) is 0.533. The molecule has 0 spiro atoms. The van der Waals surface area contributed by atoms with Gasteiger partial charge in [-0.1, -0.05) is 6.07 Å². The van der Waals surface area contributed by atoms with Gasteiger partial charge in [0.05, 0.1) is 19.6 Å². The number of nitrogens with zero attached hydrogens (tertiary/aromatic N) is 1. The van der Waals surface area contributed by atoms with Gasteiger partial charge in [0.15, 0.2) is 6.54 Å². The van der Waals surface area contributed by atoms with Gasteiger partial charge in [0, 0.05) is 11.8 Å². The van der Waals surface area contributed by atoms with Gasteiger partial charge in [0.25, 0.3) is 5.91 Å².